The minimum Gasteiger partial charge on any atom is -0.497 e. The fourth-order valence-corrected chi connectivity index (χ4v) is 3.51. The van der Waals surface area contributed by atoms with Crippen LogP contribution in [0.2, 0.25) is 0 Å². The lowest BCUT2D eigenvalue weighted by atomic mass is 10.1. The molecule has 7 heteroatoms. The van der Waals surface area contributed by atoms with Gasteiger partial charge in [-0.25, -0.2) is 13.4 Å². The van der Waals surface area contributed by atoms with Crippen LogP contribution in [0, 0.1) is 13.8 Å². The van der Waals surface area contributed by atoms with Crippen LogP contribution in [0.15, 0.2) is 65.7 Å². The molecule has 3 rings (SSSR count). The van der Waals surface area contributed by atoms with Gasteiger partial charge in [0.2, 0.25) is 0 Å². The predicted octanol–water partition coefficient (Wildman–Crippen LogP) is 4.25. The van der Waals surface area contributed by atoms with E-state index in [4.69, 9.17) is 4.74 Å². The van der Waals surface area contributed by atoms with Gasteiger partial charge in [-0.05, 0) is 73.5 Å². The van der Waals surface area contributed by atoms with Gasteiger partial charge in [0.05, 0.1) is 23.9 Å². The van der Waals surface area contributed by atoms with Crippen molar-refractivity contribution in [3.8, 4) is 5.75 Å². The van der Waals surface area contributed by atoms with Crippen molar-refractivity contribution in [2.75, 3.05) is 17.1 Å². The summed E-state index contributed by atoms with van der Waals surface area (Å²) in [5.41, 5.74) is 3.72. The molecule has 140 valence electrons. The Bertz CT molecular complexity index is 1030. The summed E-state index contributed by atoms with van der Waals surface area (Å²) < 4.78 is 32.5. The smallest absolute Gasteiger partial charge is 0.261 e. The summed E-state index contributed by atoms with van der Waals surface area (Å²) in [6.45, 7) is 4.10. The Balaban J connectivity index is 1.71. The van der Waals surface area contributed by atoms with E-state index in [2.05, 4.69) is 21.9 Å². The highest BCUT2D eigenvalue weighted by atomic mass is 32.2. The van der Waals surface area contributed by atoms with Crippen LogP contribution in [0.1, 0.15) is 11.1 Å². The maximum Gasteiger partial charge on any atom is 0.261 e. The summed E-state index contributed by atoms with van der Waals surface area (Å²) in [6, 6.07) is 15.6. The number of anilines is 3. The zero-order chi connectivity index (χ0) is 19.4. The van der Waals surface area contributed by atoms with Crippen molar-refractivity contribution in [2.45, 2.75) is 18.7 Å². The Kier molecular flexibility index (Phi) is 5.32. The molecular weight excluding hydrogens is 362 g/mol. The lowest BCUT2D eigenvalue weighted by Crippen LogP contribution is -2.13. The number of sulfonamides is 1. The van der Waals surface area contributed by atoms with Gasteiger partial charge in [0.15, 0.2) is 0 Å². The maximum absolute atomic E-state index is 12.5. The van der Waals surface area contributed by atoms with E-state index in [-0.39, 0.29) is 4.90 Å². The Morgan fingerprint density at radius 3 is 2.19 bits per heavy atom. The van der Waals surface area contributed by atoms with E-state index in [0.717, 1.165) is 5.69 Å². The van der Waals surface area contributed by atoms with Crippen molar-refractivity contribution in [1.29, 1.82) is 0 Å². The van der Waals surface area contributed by atoms with Gasteiger partial charge in [-0.2, -0.15) is 0 Å². The molecular formula is C20H21N3O3S. The van der Waals surface area contributed by atoms with Gasteiger partial charge in [0.25, 0.3) is 10.0 Å². The van der Waals surface area contributed by atoms with E-state index >= 15 is 0 Å². The highest BCUT2D eigenvalue weighted by Gasteiger charge is 2.14. The van der Waals surface area contributed by atoms with Gasteiger partial charge in [-0.1, -0.05) is 6.07 Å². The molecule has 2 aromatic carbocycles. The molecule has 0 atom stereocenters. The summed E-state index contributed by atoms with van der Waals surface area (Å²) in [6.07, 6.45) is 1.48. The van der Waals surface area contributed by atoms with Crippen LogP contribution in [0.3, 0.4) is 0 Å². The summed E-state index contributed by atoms with van der Waals surface area (Å²) in [7, 11) is -2.16. The van der Waals surface area contributed by atoms with E-state index in [1.807, 2.05) is 25.1 Å². The van der Waals surface area contributed by atoms with Crippen LogP contribution in [0.4, 0.5) is 17.2 Å². The number of hydrogen-bond acceptors (Lipinski definition) is 5. The first kappa shape index (κ1) is 18.7. The van der Waals surface area contributed by atoms with Crippen molar-refractivity contribution >= 4 is 27.2 Å². The Morgan fingerprint density at radius 1 is 0.889 bits per heavy atom. The molecule has 3 aromatic rings. The SMILES string of the molecule is COc1ccc(S(=O)(=O)Nc2ccc(Nc3ccc(C)c(C)c3)nc2)cc1. The van der Waals surface area contributed by atoms with E-state index in [9.17, 15) is 8.42 Å². The van der Waals surface area contributed by atoms with Crippen molar-refractivity contribution in [3.63, 3.8) is 0 Å². The second kappa shape index (κ2) is 7.67. The van der Waals surface area contributed by atoms with Crippen molar-refractivity contribution in [2.24, 2.45) is 0 Å². The van der Waals surface area contributed by atoms with E-state index < -0.39 is 10.0 Å². The van der Waals surface area contributed by atoms with Crippen LogP contribution < -0.4 is 14.8 Å². The lowest BCUT2D eigenvalue weighted by molar-refractivity contribution is 0.414. The van der Waals surface area contributed by atoms with Crippen LogP contribution in [0.25, 0.3) is 0 Å². The number of aryl methyl sites for hydroxylation is 2. The Morgan fingerprint density at radius 2 is 1.59 bits per heavy atom. The summed E-state index contributed by atoms with van der Waals surface area (Å²) in [5, 5.41) is 3.20. The van der Waals surface area contributed by atoms with Gasteiger partial charge < -0.3 is 10.1 Å². The van der Waals surface area contributed by atoms with Gasteiger partial charge in [0, 0.05) is 5.69 Å². The number of hydrogen-bond donors (Lipinski definition) is 2. The molecule has 1 heterocycles. The number of rotatable bonds is 6. The van der Waals surface area contributed by atoms with Crippen molar-refractivity contribution in [1.82, 2.24) is 4.98 Å². The molecule has 0 aliphatic heterocycles. The molecule has 6 nitrogen and oxygen atoms in total. The van der Waals surface area contributed by atoms with Crippen LogP contribution in [0.5, 0.6) is 5.75 Å². The number of methoxy groups -OCH3 is 1. The number of nitrogens with zero attached hydrogens (tertiary/aromatic N) is 1. The van der Waals surface area contributed by atoms with Crippen LogP contribution in [-0.2, 0) is 10.0 Å². The molecule has 0 saturated heterocycles. The molecule has 0 radical (unpaired) electrons. The van der Waals surface area contributed by atoms with Gasteiger partial charge in [0.1, 0.15) is 11.6 Å². The molecule has 0 aliphatic rings. The fourth-order valence-electron chi connectivity index (χ4n) is 2.46. The molecule has 0 aliphatic carbocycles. The van der Waals surface area contributed by atoms with Crippen LogP contribution >= 0.6 is 0 Å². The third-order valence-corrected chi connectivity index (χ3v) is 5.56. The van der Waals surface area contributed by atoms with Gasteiger partial charge in [-0.3, -0.25) is 4.72 Å². The van der Waals surface area contributed by atoms with Crippen molar-refractivity contribution < 1.29 is 13.2 Å². The third-order valence-electron chi connectivity index (χ3n) is 4.16. The molecule has 0 fully saturated rings. The summed E-state index contributed by atoms with van der Waals surface area (Å²) in [5.74, 6) is 1.23. The molecule has 27 heavy (non-hydrogen) atoms. The first-order valence-corrected chi connectivity index (χ1v) is 9.83. The maximum atomic E-state index is 12.5. The highest BCUT2D eigenvalue weighted by Crippen LogP contribution is 2.21. The number of benzene rings is 2. The predicted molar refractivity (Wildman–Crippen MR) is 107 cm³/mol. The Labute approximate surface area is 159 Å². The topological polar surface area (TPSA) is 80.3 Å². The molecule has 1 aromatic heterocycles. The zero-order valence-corrected chi connectivity index (χ0v) is 16.2. The average molecular weight is 383 g/mol. The lowest BCUT2D eigenvalue weighted by Gasteiger charge is -2.10. The first-order chi connectivity index (χ1) is 12.9. The molecule has 0 saturated carbocycles. The quantitative estimate of drug-likeness (QED) is 0.665. The molecule has 0 unspecified atom stereocenters. The van der Waals surface area contributed by atoms with Gasteiger partial charge in [-0.15, -0.1) is 0 Å². The van der Waals surface area contributed by atoms with E-state index in [0.29, 0.717) is 17.3 Å². The Hall–Kier alpha value is -3.06. The number of ether oxygens (including phenoxy) is 1. The standard InChI is InChI=1S/C20H21N3O3S/c1-14-4-5-16(12-15(14)2)22-20-11-6-17(13-21-20)23-27(24,25)19-9-7-18(26-3)8-10-19/h4-13,23H,1-3H3,(H,21,22). The van der Waals surface area contributed by atoms with Crippen molar-refractivity contribution in [3.05, 3.63) is 71.9 Å². The highest BCUT2D eigenvalue weighted by molar-refractivity contribution is 7.92. The van der Waals surface area contributed by atoms with E-state index in [1.165, 1.54) is 36.6 Å². The number of pyridine rings is 1. The zero-order valence-electron chi connectivity index (χ0n) is 15.4. The largest absolute Gasteiger partial charge is 0.497 e. The molecule has 0 bridgehead atoms. The number of aromatic nitrogens is 1. The number of nitrogens with one attached hydrogen (secondary N) is 2. The summed E-state index contributed by atoms with van der Waals surface area (Å²) in [4.78, 5) is 4.43. The molecule has 0 amide bonds. The fraction of sp³-hybridized carbons (Fsp3) is 0.150. The summed E-state index contributed by atoms with van der Waals surface area (Å²) >= 11 is 0. The third kappa shape index (κ3) is 4.57. The first-order valence-electron chi connectivity index (χ1n) is 8.34. The van der Waals surface area contributed by atoms with Crippen LogP contribution in [-0.4, -0.2) is 20.5 Å². The minimum absolute atomic E-state index is 0.153. The average Bonchev–Trinajstić information content (AvgIpc) is 2.66. The second-order valence-electron chi connectivity index (χ2n) is 6.14. The second-order valence-corrected chi connectivity index (χ2v) is 7.82. The minimum atomic E-state index is -3.69. The van der Waals surface area contributed by atoms with E-state index in [1.54, 1.807) is 24.3 Å². The molecule has 0 spiro atoms. The molecule has 2 N–H and O–H groups in total. The van der Waals surface area contributed by atoms with Gasteiger partial charge >= 0.3 is 0 Å². The normalized spacial score (nSPS) is 11.1. The monoisotopic (exact) mass is 383 g/mol.